The summed E-state index contributed by atoms with van der Waals surface area (Å²) in [5.41, 5.74) is 1.12. The maximum Gasteiger partial charge on any atom is 0.0622 e. The standard InChI is InChI=1S/C12H16ClNOS/c1-2-7-14-11-6-8-16(15)12-9(11)4-3-5-10(12)13/h3-5,11,14H,2,6-8H2,1H3. The van der Waals surface area contributed by atoms with Gasteiger partial charge in [-0.3, -0.25) is 4.21 Å². The summed E-state index contributed by atoms with van der Waals surface area (Å²) in [5.74, 6) is 0.706. The van der Waals surface area contributed by atoms with Crippen LogP contribution in [0, 0.1) is 0 Å². The van der Waals surface area contributed by atoms with Gasteiger partial charge in [-0.25, -0.2) is 0 Å². The van der Waals surface area contributed by atoms with E-state index in [0.717, 1.165) is 29.8 Å². The van der Waals surface area contributed by atoms with E-state index in [4.69, 9.17) is 11.6 Å². The molecule has 1 aliphatic rings. The Balaban J connectivity index is 2.33. The summed E-state index contributed by atoms with van der Waals surface area (Å²) >= 11 is 6.12. The van der Waals surface area contributed by atoms with Gasteiger partial charge in [0.2, 0.25) is 0 Å². The molecule has 1 aliphatic heterocycles. The van der Waals surface area contributed by atoms with Crippen LogP contribution in [0.1, 0.15) is 31.4 Å². The number of benzene rings is 1. The summed E-state index contributed by atoms with van der Waals surface area (Å²) in [5, 5.41) is 4.12. The summed E-state index contributed by atoms with van der Waals surface area (Å²) < 4.78 is 11.9. The van der Waals surface area contributed by atoms with E-state index in [9.17, 15) is 4.21 Å². The lowest BCUT2D eigenvalue weighted by atomic mass is 10.0. The second kappa shape index (κ2) is 5.30. The Morgan fingerprint density at radius 2 is 2.38 bits per heavy atom. The van der Waals surface area contributed by atoms with E-state index in [-0.39, 0.29) is 0 Å². The second-order valence-corrected chi connectivity index (χ2v) is 5.92. The molecule has 0 fully saturated rings. The molecule has 0 radical (unpaired) electrons. The van der Waals surface area contributed by atoms with E-state index >= 15 is 0 Å². The molecule has 0 saturated heterocycles. The lowest BCUT2D eigenvalue weighted by molar-refractivity contribution is 0.504. The van der Waals surface area contributed by atoms with E-state index in [0.29, 0.717) is 16.8 Å². The molecule has 0 aliphatic carbocycles. The van der Waals surface area contributed by atoms with Crippen LogP contribution < -0.4 is 5.32 Å². The van der Waals surface area contributed by atoms with Gasteiger partial charge in [0.05, 0.1) is 20.7 Å². The lowest BCUT2D eigenvalue weighted by Gasteiger charge is -2.26. The second-order valence-electron chi connectivity index (χ2n) is 4.00. The van der Waals surface area contributed by atoms with Gasteiger partial charge in [-0.1, -0.05) is 30.7 Å². The van der Waals surface area contributed by atoms with Gasteiger partial charge in [0.15, 0.2) is 0 Å². The summed E-state index contributed by atoms with van der Waals surface area (Å²) in [4.78, 5) is 0.837. The van der Waals surface area contributed by atoms with Crippen LogP contribution in [0.5, 0.6) is 0 Å². The van der Waals surface area contributed by atoms with E-state index in [1.807, 2.05) is 18.2 Å². The van der Waals surface area contributed by atoms with Crippen molar-refractivity contribution in [3.63, 3.8) is 0 Å². The van der Waals surface area contributed by atoms with E-state index in [2.05, 4.69) is 12.2 Å². The third-order valence-electron chi connectivity index (χ3n) is 2.83. The molecule has 1 aromatic carbocycles. The molecular weight excluding hydrogens is 242 g/mol. The van der Waals surface area contributed by atoms with Crippen LogP contribution in [0.25, 0.3) is 0 Å². The summed E-state index contributed by atoms with van der Waals surface area (Å²) in [7, 11) is -0.925. The van der Waals surface area contributed by atoms with E-state index in [1.165, 1.54) is 0 Å². The van der Waals surface area contributed by atoms with Gasteiger partial charge < -0.3 is 5.32 Å². The normalized spacial score (nSPS) is 24.1. The summed E-state index contributed by atoms with van der Waals surface area (Å²) in [6, 6.07) is 6.10. The van der Waals surface area contributed by atoms with Crippen molar-refractivity contribution in [1.82, 2.24) is 5.32 Å². The summed E-state index contributed by atoms with van der Waals surface area (Å²) in [6.07, 6.45) is 2.04. The van der Waals surface area contributed by atoms with Crippen molar-refractivity contribution in [2.24, 2.45) is 0 Å². The Kier molecular flexibility index (Phi) is 4.00. The predicted octanol–water partition coefficient (Wildman–Crippen LogP) is 2.89. The molecule has 2 atom stereocenters. The number of hydrogen-bond donors (Lipinski definition) is 1. The highest BCUT2D eigenvalue weighted by molar-refractivity contribution is 7.85. The first kappa shape index (κ1) is 12.1. The van der Waals surface area contributed by atoms with Crippen molar-refractivity contribution in [2.45, 2.75) is 30.7 Å². The molecular formula is C12H16ClNOS. The minimum absolute atomic E-state index is 0.311. The van der Waals surface area contributed by atoms with Gasteiger partial charge in [0.25, 0.3) is 0 Å². The van der Waals surface area contributed by atoms with Crippen molar-refractivity contribution in [3.05, 3.63) is 28.8 Å². The zero-order chi connectivity index (χ0) is 11.5. The first-order valence-electron chi connectivity index (χ1n) is 5.64. The van der Waals surface area contributed by atoms with Crippen molar-refractivity contribution < 1.29 is 4.21 Å². The Morgan fingerprint density at radius 3 is 3.12 bits per heavy atom. The van der Waals surface area contributed by atoms with Crippen molar-refractivity contribution in [1.29, 1.82) is 0 Å². The molecule has 16 heavy (non-hydrogen) atoms. The van der Waals surface area contributed by atoms with Crippen molar-refractivity contribution in [3.8, 4) is 0 Å². The third kappa shape index (κ3) is 2.31. The molecule has 0 aromatic heterocycles. The van der Waals surface area contributed by atoms with Crippen LogP contribution in [-0.2, 0) is 10.8 Å². The quantitative estimate of drug-likeness (QED) is 0.902. The van der Waals surface area contributed by atoms with Crippen LogP contribution in [-0.4, -0.2) is 16.5 Å². The first-order chi connectivity index (χ1) is 7.74. The number of fused-ring (bicyclic) bond motifs is 1. The predicted molar refractivity (Wildman–Crippen MR) is 68.4 cm³/mol. The molecule has 1 aromatic rings. The first-order valence-corrected chi connectivity index (χ1v) is 7.34. The largest absolute Gasteiger partial charge is 0.310 e. The number of nitrogens with one attached hydrogen (secondary N) is 1. The van der Waals surface area contributed by atoms with Crippen LogP contribution in [0.4, 0.5) is 0 Å². The van der Waals surface area contributed by atoms with Gasteiger partial charge in [-0.05, 0) is 31.0 Å². The molecule has 0 spiro atoms. The Hall–Kier alpha value is -0.380. The zero-order valence-electron chi connectivity index (χ0n) is 9.33. The highest BCUT2D eigenvalue weighted by Crippen LogP contribution is 2.34. The molecule has 2 unspecified atom stereocenters. The van der Waals surface area contributed by atoms with Gasteiger partial charge in [0.1, 0.15) is 0 Å². The van der Waals surface area contributed by atoms with Gasteiger partial charge >= 0.3 is 0 Å². The fourth-order valence-corrected chi connectivity index (χ4v) is 3.91. The fourth-order valence-electron chi connectivity index (χ4n) is 2.05. The molecule has 0 amide bonds. The maximum atomic E-state index is 11.9. The molecule has 0 bridgehead atoms. The maximum absolute atomic E-state index is 11.9. The smallest absolute Gasteiger partial charge is 0.0622 e. The molecule has 2 rings (SSSR count). The molecule has 1 N–H and O–H groups in total. The SMILES string of the molecule is CCCNC1CCS(=O)c2c(Cl)cccc21. The minimum Gasteiger partial charge on any atom is -0.310 e. The van der Waals surface area contributed by atoms with Gasteiger partial charge in [0, 0.05) is 11.8 Å². The van der Waals surface area contributed by atoms with Gasteiger partial charge in [-0.2, -0.15) is 0 Å². The highest BCUT2D eigenvalue weighted by atomic mass is 35.5. The van der Waals surface area contributed by atoms with Crippen LogP contribution in [0.2, 0.25) is 5.02 Å². The zero-order valence-corrected chi connectivity index (χ0v) is 10.9. The van der Waals surface area contributed by atoms with E-state index in [1.54, 1.807) is 0 Å². The lowest BCUT2D eigenvalue weighted by Crippen LogP contribution is -2.28. The third-order valence-corrected chi connectivity index (χ3v) is 4.78. The molecule has 1 heterocycles. The molecule has 4 heteroatoms. The monoisotopic (exact) mass is 257 g/mol. The summed E-state index contributed by atoms with van der Waals surface area (Å²) in [6.45, 7) is 3.14. The van der Waals surface area contributed by atoms with Crippen molar-refractivity contribution >= 4 is 22.4 Å². The molecule has 2 nitrogen and oxygen atoms in total. The van der Waals surface area contributed by atoms with Crippen molar-refractivity contribution in [2.75, 3.05) is 12.3 Å². The van der Waals surface area contributed by atoms with Gasteiger partial charge in [-0.15, -0.1) is 0 Å². The van der Waals surface area contributed by atoms with Crippen LogP contribution in [0.3, 0.4) is 0 Å². The Labute approximate surface area is 104 Å². The number of halogens is 1. The number of hydrogen-bond acceptors (Lipinski definition) is 2. The van der Waals surface area contributed by atoms with Crippen LogP contribution >= 0.6 is 11.6 Å². The van der Waals surface area contributed by atoms with E-state index < -0.39 is 10.8 Å². The number of rotatable bonds is 3. The average molecular weight is 258 g/mol. The molecule has 0 saturated carbocycles. The topological polar surface area (TPSA) is 29.1 Å². The molecule has 88 valence electrons. The highest BCUT2D eigenvalue weighted by Gasteiger charge is 2.25. The fraction of sp³-hybridized carbons (Fsp3) is 0.500. The Bertz CT molecular complexity index is 408. The van der Waals surface area contributed by atoms with Crippen LogP contribution in [0.15, 0.2) is 23.1 Å². The minimum atomic E-state index is -0.925. The Morgan fingerprint density at radius 1 is 1.56 bits per heavy atom. The average Bonchev–Trinajstić information content (AvgIpc) is 2.28.